The Kier molecular flexibility index (Phi) is 5.69. The van der Waals surface area contributed by atoms with Crippen molar-refractivity contribution >= 4 is 33.8 Å². The summed E-state index contributed by atoms with van der Waals surface area (Å²) in [5.41, 5.74) is 4.54. The van der Waals surface area contributed by atoms with Gasteiger partial charge in [0.1, 0.15) is 12.4 Å². The Hall–Kier alpha value is -3.51. The van der Waals surface area contributed by atoms with Crippen molar-refractivity contribution in [1.82, 2.24) is 9.88 Å². The summed E-state index contributed by atoms with van der Waals surface area (Å²) in [7, 11) is 0. The number of carbonyl (C=O) groups excluding carboxylic acids is 2. The van der Waals surface area contributed by atoms with Crippen LogP contribution < -0.4 is 10.1 Å². The van der Waals surface area contributed by atoms with E-state index in [1.807, 2.05) is 30.3 Å². The van der Waals surface area contributed by atoms with Crippen molar-refractivity contribution in [2.24, 2.45) is 0 Å². The van der Waals surface area contributed by atoms with Crippen LogP contribution in [0, 0.1) is 0 Å². The number of para-hydroxylation sites is 1. The molecule has 3 aromatic carbocycles. The Bertz CT molecular complexity index is 1270. The largest absolute Gasteiger partial charge is 0.492 e. The molecule has 5 nitrogen and oxygen atoms in total. The van der Waals surface area contributed by atoms with Crippen LogP contribution in [0.2, 0.25) is 0 Å². The van der Waals surface area contributed by atoms with E-state index in [9.17, 15) is 9.59 Å². The van der Waals surface area contributed by atoms with Gasteiger partial charge in [-0.05, 0) is 41.8 Å². The van der Waals surface area contributed by atoms with Crippen molar-refractivity contribution in [1.29, 1.82) is 0 Å². The molecule has 1 aromatic heterocycles. The Morgan fingerprint density at radius 2 is 1.66 bits per heavy atom. The van der Waals surface area contributed by atoms with E-state index in [4.69, 9.17) is 4.74 Å². The number of imide groups is 1. The summed E-state index contributed by atoms with van der Waals surface area (Å²) in [6.07, 6.45) is 0.526. The van der Waals surface area contributed by atoms with E-state index in [1.165, 1.54) is 22.2 Å². The van der Waals surface area contributed by atoms with E-state index in [0.717, 1.165) is 29.6 Å². The topological polar surface area (TPSA) is 60.3 Å². The lowest BCUT2D eigenvalue weighted by atomic mass is 10.1. The SMILES string of the molecule is O=C1NC(=O)C(Cc2ccc(OCCn3c(-c4ccccc4)cc4ccccc43)cc2)S1. The Morgan fingerprint density at radius 1 is 0.906 bits per heavy atom. The molecule has 1 atom stereocenters. The molecule has 0 spiro atoms. The van der Waals surface area contributed by atoms with Gasteiger partial charge >= 0.3 is 0 Å². The molecule has 1 aliphatic heterocycles. The number of fused-ring (bicyclic) bond motifs is 1. The van der Waals surface area contributed by atoms with Crippen LogP contribution in [0.25, 0.3) is 22.2 Å². The van der Waals surface area contributed by atoms with Gasteiger partial charge in [-0.15, -0.1) is 0 Å². The van der Waals surface area contributed by atoms with Crippen LogP contribution in [-0.4, -0.2) is 27.6 Å². The minimum atomic E-state index is -0.354. The maximum absolute atomic E-state index is 11.8. The van der Waals surface area contributed by atoms with Gasteiger partial charge in [0.25, 0.3) is 5.24 Å². The lowest BCUT2D eigenvalue weighted by Crippen LogP contribution is -2.25. The minimum Gasteiger partial charge on any atom is -0.492 e. The van der Waals surface area contributed by atoms with E-state index in [0.29, 0.717) is 13.0 Å². The van der Waals surface area contributed by atoms with Gasteiger partial charge in [-0.1, -0.05) is 72.4 Å². The number of carbonyl (C=O) groups is 2. The molecule has 1 N–H and O–H groups in total. The molecule has 0 bridgehead atoms. The molecular weight excluding hydrogens is 420 g/mol. The molecule has 0 radical (unpaired) electrons. The number of thioether (sulfide) groups is 1. The zero-order valence-electron chi connectivity index (χ0n) is 17.4. The quantitative estimate of drug-likeness (QED) is 0.423. The average molecular weight is 443 g/mol. The van der Waals surface area contributed by atoms with Gasteiger partial charge in [-0.3, -0.25) is 14.9 Å². The summed E-state index contributed by atoms with van der Waals surface area (Å²) in [6, 6.07) is 28.7. The van der Waals surface area contributed by atoms with Crippen LogP contribution in [0.1, 0.15) is 5.56 Å². The van der Waals surface area contributed by atoms with Gasteiger partial charge < -0.3 is 9.30 Å². The van der Waals surface area contributed by atoms with Crippen molar-refractivity contribution in [2.75, 3.05) is 6.61 Å². The molecule has 1 saturated heterocycles. The number of aromatic nitrogens is 1. The van der Waals surface area contributed by atoms with Crippen LogP contribution in [0.3, 0.4) is 0 Å². The van der Waals surface area contributed by atoms with Gasteiger partial charge in [-0.2, -0.15) is 0 Å². The predicted octanol–water partition coefficient (Wildman–Crippen LogP) is 5.28. The first-order valence-electron chi connectivity index (χ1n) is 10.5. The van der Waals surface area contributed by atoms with Crippen molar-refractivity contribution in [3.63, 3.8) is 0 Å². The van der Waals surface area contributed by atoms with Crippen molar-refractivity contribution in [3.8, 4) is 17.0 Å². The van der Waals surface area contributed by atoms with E-state index >= 15 is 0 Å². The van der Waals surface area contributed by atoms with Crippen molar-refractivity contribution < 1.29 is 14.3 Å². The van der Waals surface area contributed by atoms with Crippen LogP contribution in [0.4, 0.5) is 4.79 Å². The third kappa shape index (κ3) is 4.27. The molecule has 4 aromatic rings. The van der Waals surface area contributed by atoms with Crippen molar-refractivity contribution in [3.05, 3.63) is 90.5 Å². The fourth-order valence-electron chi connectivity index (χ4n) is 4.02. The highest BCUT2D eigenvalue weighted by atomic mass is 32.2. The van der Waals surface area contributed by atoms with E-state index in [-0.39, 0.29) is 16.4 Å². The summed E-state index contributed by atoms with van der Waals surface area (Å²) in [4.78, 5) is 23.1. The van der Waals surface area contributed by atoms with Gasteiger partial charge in [0.05, 0.1) is 11.8 Å². The average Bonchev–Trinajstić information content (AvgIpc) is 3.34. The second-order valence-electron chi connectivity index (χ2n) is 7.69. The number of hydrogen-bond donors (Lipinski definition) is 1. The third-order valence-electron chi connectivity index (χ3n) is 5.58. The lowest BCUT2D eigenvalue weighted by molar-refractivity contribution is -0.118. The van der Waals surface area contributed by atoms with Crippen LogP contribution >= 0.6 is 11.8 Å². The number of hydrogen-bond acceptors (Lipinski definition) is 4. The molecule has 160 valence electrons. The zero-order valence-corrected chi connectivity index (χ0v) is 18.2. The fraction of sp³-hybridized carbons (Fsp3) is 0.154. The van der Waals surface area contributed by atoms with Crippen LogP contribution in [0.5, 0.6) is 5.75 Å². The van der Waals surface area contributed by atoms with Gasteiger partial charge in [0.15, 0.2) is 0 Å². The molecule has 1 fully saturated rings. The fourth-order valence-corrected chi connectivity index (χ4v) is 4.88. The number of nitrogens with one attached hydrogen (secondary N) is 1. The second-order valence-corrected chi connectivity index (χ2v) is 8.86. The first kappa shape index (κ1) is 20.4. The highest BCUT2D eigenvalue weighted by Crippen LogP contribution is 2.28. The first-order chi connectivity index (χ1) is 15.7. The number of nitrogens with zero attached hydrogens (tertiary/aromatic N) is 1. The monoisotopic (exact) mass is 442 g/mol. The molecule has 1 aliphatic rings. The normalized spacial score (nSPS) is 15.8. The molecule has 1 unspecified atom stereocenters. The van der Waals surface area contributed by atoms with E-state index in [2.05, 4.69) is 64.5 Å². The van der Waals surface area contributed by atoms with Gasteiger partial charge in [0.2, 0.25) is 5.91 Å². The molecular formula is C26H22N2O3S. The maximum atomic E-state index is 11.8. The van der Waals surface area contributed by atoms with E-state index in [1.54, 1.807) is 0 Å². The Morgan fingerprint density at radius 3 is 2.41 bits per heavy atom. The van der Waals surface area contributed by atoms with E-state index < -0.39 is 0 Å². The molecule has 0 aliphatic carbocycles. The summed E-state index contributed by atoms with van der Waals surface area (Å²) < 4.78 is 8.32. The highest BCUT2D eigenvalue weighted by molar-refractivity contribution is 8.15. The minimum absolute atomic E-state index is 0.214. The molecule has 6 heteroatoms. The smallest absolute Gasteiger partial charge is 0.286 e. The van der Waals surface area contributed by atoms with Crippen LogP contribution in [-0.2, 0) is 17.8 Å². The number of benzene rings is 3. The number of rotatable bonds is 7. The summed E-state index contributed by atoms with van der Waals surface area (Å²) in [5, 5.41) is 2.91. The Balaban J connectivity index is 1.27. The summed E-state index contributed by atoms with van der Waals surface area (Å²) in [5.74, 6) is 0.569. The number of amides is 2. The summed E-state index contributed by atoms with van der Waals surface area (Å²) in [6.45, 7) is 1.26. The Labute approximate surface area is 190 Å². The molecule has 32 heavy (non-hydrogen) atoms. The highest BCUT2D eigenvalue weighted by Gasteiger charge is 2.31. The molecule has 5 rings (SSSR count). The van der Waals surface area contributed by atoms with Gasteiger partial charge in [-0.25, -0.2) is 0 Å². The standard InChI is InChI=1S/C26H22N2O3S/c29-25-24(32-26(30)27-25)16-18-10-12-21(13-11-18)31-15-14-28-22-9-5-4-8-20(22)17-23(28)19-6-2-1-3-7-19/h1-13,17,24H,14-16H2,(H,27,29,30). The first-order valence-corrected chi connectivity index (χ1v) is 11.4. The molecule has 2 heterocycles. The lowest BCUT2D eigenvalue weighted by Gasteiger charge is -2.13. The zero-order chi connectivity index (χ0) is 21.9. The number of ether oxygens (including phenoxy) is 1. The second kappa shape index (κ2) is 8.93. The predicted molar refractivity (Wildman–Crippen MR) is 128 cm³/mol. The summed E-state index contributed by atoms with van der Waals surface area (Å²) >= 11 is 1.05. The molecule has 0 saturated carbocycles. The van der Waals surface area contributed by atoms with Gasteiger partial charge in [0, 0.05) is 16.6 Å². The molecule has 2 amide bonds. The van der Waals surface area contributed by atoms with Crippen molar-refractivity contribution in [2.45, 2.75) is 18.2 Å². The maximum Gasteiger partial charge on any atom is 0.286 e. The third-order valence-corrected chi connectivity index (χ3v) is 6.56. The van der Waals surface area contributed by atoms with Crippen LogP contribution in [0.15, 0.2) is 84.9 Å².